The molecule has 0 aliphatic carbocycles. The van der Waals surface area contributed by atoms with E-state index in [9.17, 15) is 0 Å². The van der Waals surface area contributed by atoms with E-state index in [-0.39, 0.29) is 0 Å². The number of nitrogens with zero attached hydrogens (tertiary/aromatic N) is 4. The molecule has 0 atom stereocenters. The zero-order valence-electron chi connectivity index (χ0n) is 11.3. The van der Waals surface area contributed by atoms with Crippen LogP contribution in [0.5, 0.6) is 11.6 Å². The van der Waals surface area contributed by atoms with Gasteiger partial charge >= 0.3 is 0 Å². The lowest BCUT2D eigenvalue weighted by Crippen LogP contribution is -2.00. The van der Waals surface area contributed by atoms with E-state index in [2.05, 4.69) is 15.1 Å². The molecule has 1 aromatic carbocycles. The first-order valence-corrected chi connectivity index (χ1v) is 6.30. The summed E-state index contributed by atoms with van der Waals surface area (Å²) in [5, 5.41) is 4.31. The van der Waals surface area contributed by atoms with Crippen molar-refractivity contribution in [1.29, 1.82) is 0 Å². The average molecular weight is 266 g/mol. The third-order valence-electron chi connectivity index (χ3n) is 2.83. The molecule has 3 rings (SSSR count). The Morgan fingerprint density at radius 1 is 1.00 bits per heavy atom. The summed E-state index contributed by atoms with van der Waals surface area (Å²) in [6, 6.07) is 11.5. The van der Waals surface area contributed by atoms with Crippen LogP contribution in [-0.4, -0.2) is 19.7 Å². The monoisotopic (exact) mass is 266 g/mol. The molecule has 0 saturated heterocycles. The molecule has 3 aromatic rings. The third kappa shape index (κ3) is 2.66. The molecule has 0 bridgehead atoms. The van der Waals surface area contributed by atoms with Crippen LogP contribution >= 0.6 is 0 Å². The molecule has 0 aliphatic heterocycles. The van der Waals surface area contributed by atoms with Gasteiger partial charge in [-0.25, -0.2) is 14.6 Å². The Kier molecular flexibility index (Phi) is 3.16. The van der Waals surface area contributed by atoms with E-state index in [1.54, 1.807) is 10.7 Å². The lowest BCUT2D eigenvalue weighted by Gasteiger charge is -2.06. The molecular formula is C15H14N4O. The smallest absolute Gasteiger partial charge is 0.224 e. The van der Waals surface area contributed by atoms with Crippen LogP contribution in [-0.2, 0) is 0 Å². The second-order valence-electron chi connectivity index (χ2n) is 4.53. The van der Waals surface area contributed by atoms with E-state index in [1.807, 2.05) is 50.4 Å². The van der Waals surface area contributed by atoms with Crippen molar-refractivity contribution < 1.29 is 4.74 Å². The maximum absolute atomic E-state index is 5.71. The van der Waals surface area contributed by atoms with Gasteiger partial charge in [-0.1, -0.05) is 17.7 Å². The molecule has 100 valence electrons. The van der Waals surface area contributed by atoms with Gasteiger partial charge in [0.2, 0.25) is 5.88 Å². The Balaban J connectivity index is 1.86. The van der Waals surface area contributed by atoms with E-state index >= 15 is 0 Å². The van der Waals surface area contributed by atoms with Crippen molar-refractivity contribution in [1.82, 2.24) is 19.7 Å². The van der Waals surface area contributed by atoms with Crippen LogP contribution in [0.25, 0.3) is 5.82 Å². The molecule has 2 aromatic heterocycles. The molecule has 0 spiro atoms. The zero-order chi connectivity index (χ0) is 13.9. The minimum atomic E-state index is 0.493. The molecule has 0 unspecified atom stereocenters. The van der Waals surface area contributed by atoms with Crippen molar-refractivity contribution in [2.45, 2.75) is 13.8 Å². The van der Waals surface area contributed by atoms with Gasteiger partial charge in [0.25, 0.3) is 0 Å². The summed E-state index contributed by atoms with van der Waals surface area (Å²) in [5.41, 5.74) is 2.12. The van der Waals surface area contributed by atoms with Crippen LogP contribution < -0.4 is 4.74 Å². The third-order valence-corrected chi connectivity index (χ3v) is 2.83. The van der Waals surface area contributed by atoms with Crippen molar-refractivity contribution >= 4 is 0 Å². The van der Waals surface area contributed by atoms with Crippen LogP contribution in [0.15, 0.2) is 48.9 Å². The maximum atomic E-state index is 5.71. The second-order valence-corrected chi connectivity index (χ2v) is 4.53. The van der Waals surface area contributed by atoms with Gasteiger partial charge in [-0.05, 0) is 32.0 Å². The highest BCUT2D eigenvalue weighted by molar-refractivity contribution is 5.32. The summed E-state index contributed by atoms with van der Waals surface area (Å²) in [6.45, 7) is 3.97. The fourth-order valence-corrected chi connectivity index (χ4v) is 1.78. The second kappa shape index (κ2) is 5.13. The number of aromatic nitrogens is 4. The maximum Gasteiger partial charge on any atom is 0.224 e. The van der Waals surface area contributed by atoms with E-state index in [0.717, 1.165) is 11.4 Å². The number of rotatable bonds is 3. The highest BCUT2D eigenvalue weighted by Gasteiger charge is 2.04. The molecule has 20 heavy (non-hydrogen) atoms. The zero-order valence-corrected chi connectivity index (χ0v) is 11.3. The molecule has 0 fully saturated rings. The minimum absolute atomic E-state index is 0.493. The predicted octanol–water partition coefficient (Wildman–Crippen LogP) is 3.07. The Morgan fingerprint density at radius 3 is 2.50 bits per heavy atom. The van der Waals surface area contributed by atoms with Crippen LogP contribution in [0.1, 0.15) is 11.3 Å². The standard InChI is InChI=1S/C15H14N4O/c1-11-3-5-13(6-4-11)20-15-9-14(16-10-17-15)19-8-7-12(2)18-19/h3-10H,1-2H3. The summed E-state index contributed by atoms with van der Waals surface area (Å²) >= 11 is 0. The first-order valence-electron chi connectivity index (χ1n) is 6.30. The number of aryl methyl sites for hydroxylation is 2. The normalized spacial score (nSPS) is 10.5. The molecule has 5 nitrogen and oxygen atoms in total. The Labute approximate surface area is 116 Å². The number of benzene rings is 1. The van der Waals surface area contributed by atoms with E-state index in [1.165, 1.54) is 11.9 Å². The molecule has 0 saturated carbocycles. The lowest BCUT2D eigenvalue weighted by molar-refractivity contribution is 0.460. The van der Waals surface area contributed by atoms with Gasteiger partial charge in [0, 0.05) is 12.3 Å². The molecule has 5 heteroatoms. The van der Waals surface area contributed by atoms with E-state index in [4.69, 9.17) is 4.74 Å². The fraction of sp³-hybridized carbons (Fsp3) is 0.133. The summed E-state index contributed by atoms with van der Waals surface area (Å²) in [7, 11) is 0. The van der Waals surface area contributed by atoms with Crippen LogP contribution in [0.2, 0.25) is 0 Å². The quantitative estimate of drug-likeness (QED) is 0.731. The Hall–Kier alpha value is -2.69. The number of hydrogen-bond acceptors (Lipinski definition) is 4. The van der Waals surface area contributed by atoms with Crippen molar-refractivity contribution in [2.24, 2.45) is 0 Å². The summed E-state index contributed by atoms with van der Waals surface area (Å²) < 4.78 is 7.40. The van der Waals surface area contributed by atoms with Crippen molar-refractivity contribution in [2.75, 3.05) is 0 Å². The van der Waals surface area contributed by atoms with Crippen molar-refractivity contribution in [3.05, 3.63) is 60.2 Å². The first-order chi connectivity index (χ1) is 9.70. The summed E-state index contributed by atoms with van der Waals surface area (Å²) in [6.07, 6.45) is 3.32. The van der Waals surface area contributed by atoms with Gasteiger partial charge in [0.05, 0.1) is 5.69 Å². The van der Waals surface area contributed by atoms with Gasteiger partial charge in [-0.2, -0.15) is 5.10 Å². The SMILES string of the molecule is Cc1ccc(Oc2cc(-n3ccc(C)n3)ncn2)cc1. The molecule has 0 radical (unpaired) electrons. The van der Waals surface area contributed by atoms with E-state index in [0.29, 0.717) is 11.7 Å². The first kappa shape index (κ1) is 12.3. The van der Waals surface area contributed by atoms with E-state index < -0.39 is 0 Å². The van der Waals surface area contributed by atoms with Crippen molar-refractivity contribution in [3.8, 4) is 17.4 Å². The van der Waals surface area contributed by atoms with Crippen LogP contribution in [0, 0.1) is 13.8 Å². The van der Waals surface area contributed by atoms with Crippen molar-refractivity contribution in [3.63, 3.8) is 0 Å². The number of hydrogen-bond donors (Lipinski definition) is 0. The van der Waals surface area contributed by atoms with Gasteiger partial charge in [-0.15, -0.1) is 0 Å². The molecule has 0 N–H and O–H groups in total. The largest absolute Gasteiger partial charge is 0.439 e. The molecule has 0 aliphatic rings. The van der Waals surface area contributed by atoms with Gasteiger partial charge in [-0.3, -0.25) is 0 Å². The highest BCUT2D eigenvalue weighted by atomic mass is 16.5. The Bertz CT molecular complexity index is 719. The Morgan fingerprint density at radius 2 is 1.80 bits per heavy atom. The molecular weight excluding hydrogens is 252 g/mol. The average Bonchev–Trinajstić information content (AvgIpc) is 2.89. The molecule has 0 amide bonds. The van der Waals surface area contributed by atoms with Gasteiger partial charge in [0.1, 0.15) is 12.1 Å². The topological polar surface area (TPSA) is 52.8 Å². The van der Waals surface area contributed by atoms with Gasteiger partial charge < -0.3 is 4.74 Å². The summed E-state index contributed by atoms with van der Waals surface area (Å²) in [4.78, 5) is 8.30. The van der Waals surface area contributed by atoms with Crippen LogP contribution in [0.4, 0.5) is 0 Å². The number of ether oxygens (including phenoxy) is 1. The summed E-state index contributed by atoms with van der Waals surface area (Å²) in [5.74, 6) is 1.92. The molecule has 2 heterocycles. The fourth-order valence-electron chi connectivity index (χ4n) is 1.78. The predicted molar refractivity (Wildman–Crippen MR) is 75.1 cm³/mol. The van der Waals surface area contributed by atoms with Crippen LogP contribution in [0.3, 0.4) is 0 Å². The lowest BCUT2D eigenvalue weighted by atomic mass is 10.2. The van der Waals surface area contributed by atoms with Gasteiger partial charge in [0.15, 0.2) is 5.82 Å². The highest BCUT2D eigenvalue weighted by Crippen LogP contribution is 2.20. The minimum Gasteiger partial charge on any atom is -0.439 e.